The molecule has 1 aliphatic heterocycles. The fourth-order valence-electron chi connectivity index (χ4n) is 1.18. The smallest absolute Gasteiger partial charge is 0.157 e. The van der Waals surface area contributed by atoms with Crippen molar-refractivity contribution >= 4 is 0 Å². The van der Waals surface area contributed by atoms with Crippen molar-refractivity contribution in [1.29, 1.82) is 0 Å². The van der Waals surface area contributed by atoms with Gasteiger partial charge in [0.05, 0.1) is 12.7 Å². The highest BCUT2D eigenvalue weighted by molar-refractivity contribution is 4.74. The van der Waals surface area contributed by atoms with Gasteiger partial charge in [0.25, 0.3) is 0 Å². The van der Waals surface area contributed by atoms with E-state index in [-0.39, 0.29) is 12.9 Å². The van der Waals surface area contributed by atoms with Crippen molar-refractivity contribution in [1.82, 2.24) is 0 Å². The Balaban J connectivity index is 2.37. The van der Waals surface area contributed by atoms with Crippen LogP contribution in [0.15, 0.2) is 0 Å². The van der Waals surface area contributed by atoms with Gasteiger partial charge in [0.15, 0.2) is 6.29 Å². The van der Waals surface area contributed by atoms with E-state index in [0.29, 0.717) is 12.8 Å². The second kappa shape index (κ2) is 4.01. The Bertz CT molecular complexity index is 117. The molecule has 1 rings (SSSR count). The molecule has 1 aliphatic rings. The molecule has 0 spiro atoms. The van der Waals surface area contributed by atoms with Crippen molar-refractivity contribution in [2.24, 2.45) is 0 Å². The molecule has 0 saturated carbocycles. The number of rotatable bonds is 2. The third kappa shape index (κ3) is 2.13. The molecular formula is C7H14O4. The molecule has 0 radical (unpaired) electrons. The van der Waals surface area contributed by atoms with Crippen LogP contribution in [0.4, 0.5) is 0 Å². The first-order chi connectivity index (χ1) is 5.27. The maximum absolute atomic E-state index is 9.24. The molecule has 0 amide bonds. The molecule has 4 nitrogen and oxygen atoms in total. The molecule has 1 fully saturated rings. The number of hydrogen-bond acceptors (Lipinski definition) is 4. The summed E-state index contributed by atoms with van der Waals surface area (Å²) in [5.41, 5.74) is 0. The van der Waals surface area contributed by atoms with E-state index in [2.05, 4.69) is 0 Å². The summed E-state index contributed by atoms with van der Waals surface area (Å²) in [6.07, 6.45) is 0.0217. The Hall–Kier alpha value is -0.160. The highest BCUT2D eigenvalue weighted by Crippen LogP contribution is 2.19. The summed E-state index contributed by atoms with van der Waals surface area (Å²) in [7, 11) is 1.55. The van der Waals surface area contributed by atoms with Crippen LogP contribution in [0.3, 0.4) is 0 Å². The minimum atomic E-state index is -0.550. The molecule has 4 heteroatoms. The van der Waals surface area contributed by atoms with Gasteiger partial charge >= 0.3 is 0 Å². The fourth-order valence-corrected chi connectivity index (χ4v) is 1.18. The third-order valence-corrected chi connectivity index (χ3v) is 1.90. The van der Waals surface area contributed by atoms with Crippen LogP contribution >= 0.6 is 0 Å². The van der Waals surface area contributed by atoms with Gasteiger partial charge in [-0.3, -0.25) is 0 Å². The van der Waals surface area contributed by atoms with Crippen LogP contribution in [-0.2, 0) is 9.47 Å². The first-order valence-corrected chi connectivity index (χ1v) is 3.75. The van der Waals surface area contributed by atoms with Gasteiger partial charge in [0, 0.05) is 13.5 Å². The zero-order valence-corrected chi connectivity index (χ0v) is 6.56. The van der Waals surface area contributed by atoms with Crippen molar-refractivity contribution in [3.05, 3.63) is 0 Å². The van der Waals surface area contributed by atoms with Crippen molar-refractivity contribution in [3.8, 4) is 0 Å². The average molecular weight is 162 g/mol. The summed E-state index contributed by atoms with van der Waals surface area (Å²) >= 11 is 0. The molecule has 1 saturated heterocycles. The molecule has 0 aromatic rings. The molecular weight excluding hydrogens is 148 g/mol. The Morgan fingerprint density at radius 2 is 2.27 bits per heavy atom. The zero-order valence-electron chi connectivity index (χ0n) is 6.56. The van der Waals surface area contributed by atoms with Crippen molar-refractivity contribution < 1.29 is 19.7 Å². The van der Waals surface area contributed by atoms with Crippen LogP contribution in [-0.4, -0.2) is 42.4 Å². The first kappa shape index (κ1) is 8.93. The quantitative estimate of drug-likeness (QED) is 0.574. The monoisotopic (exact) mass is 162 g/mol. The summed E-state index contributed by atoms with van der Waals surface area (Å²) in [5.74, 6) is 0. The van der Waals surface area contributed by atoms with E-state index >= 15 is 0 Å². The van der Waals surface area contributed by atoms with Gasteiger partial charge in [-0.2, -0.15) is 0 Å². The number of aliphatic hydroxyl groups excluding tert-OH is 2. The van der Waals surface area contributed by atoms with Gasteiger partial charge in [-0.05, 0) is 6.42 Å². The summed E-state index contributed by atoms with van der Waals surface area (Å²) in [6, 6.07) is 0. The Morgan fingerprint density at radius 3 is 2.82 bits per heavy atom. The van der Waals surface area contributed by atoms with E-state index in [1.165, 1.54) is 0 Å². The summed E-state index contributed by atoms with van der Waals surface area (Å²) in [6.45, 7) is -0.152. The second-order valence-electron chi connectivity index (χ2n) is 2.67. The predicted molar refractivity (Wildman–Crippen MR) is 38.0 cm³/mol. The van der Waals surface area contributed by atoms with E-state index in [4.69, 9.17) is 14.6 Å². The highest BCUT2D eigenvalue weighted by Gasteiger charge is 2.28. The van der Waals surface area contributed by atoms with Gasteiger partial charge in [-0.25, -0.2) is 0 Å². The SMILES string of the molecule is CO[C@@H]1CC[C@H](O)[C@@H](CO)O1. The molecule has 0 aromatic carbocycles. The normalized spacial score (nSPS) is 39.0. The number of methoxy groups -OCH3 is 1. The lowest BCUT2D eigenvalue weighted by Crippen LogP contribution is -2.41. The Kier molecular flexibility index (Phi) is 3.26. The minimum Gasteiger partial charge on any atom is -0.394 e. The van der Waals surface area contributed by atoms with Crippen LogP contribution < -0.4 is 0 Å². The summed E-state index contributed by atoms with van der Waals surface area (Å²) in [4.78, 5) is 0. The van der Waals surface area contributed by atoms with Gasteiger partial charge in [-0.1, -0.05) is 0 Å². The van der Waals surface area contributed by atoms with Crippen LogP contribution in [0, 0.1) is 0 Å². The molecule has 2 N–H and O–H groups in total. The Labute approximate surface area is 65.7 Å². The maximum Gasteiger partial charge on any atom is 0.157 e. The maximum atomic E-state index is 9.24. The van der Waals surface area contributed by atoms with Gasteiger partial charge in [0.1, 0.15) is 6.10 Å². The van der Waals surface area contributed by atoms with Crippen molar-refractivity contribution in [2.75, 3.05) is 13.7 Å². The van der Waals surface area contributed by atoms with E-state index in [9.17, 15) is 5.11 Å². The van der Waals surface area contributed by atoms with E-state index < -0.39 is 12.2 Å². The molecule has 11 heavy (non-hydrogen) atoms. The van der Waals surface area contributed by atoms with Gasteiger partial charge in [-0.15, -0.1) is 0 Å². The van der Waals surface area contributed by atoms with Crippen molar-refractivity contribution in [3.63, 3.8) is 0 Å². The number of hydrogen-bond donors (Lipinski definition) is 2. The molecule has 1 heterocycles. The van der Waals surface area contributed by atoms with E-state index in [1.807, 2.05) is 0 Å². The summed E-state index contributed by atoms with van der Waals surface area (Å²) < 4.78 is 10.1. The molecule has 0 aromatic heterocycles. The molecule has 3 atom stereocenters. The lowest BCUT2D eigenvalue weighted by molar-refractivity contribution is -0.219. The van der Waals surface area contributed by atoms with Gasteiger partial charge in [0.2, 0.25) is 0 Å². The molecule has 0 unspecified atom stereocenters. The van der Waals surface area contributed by atoms with Crippen LogP contribution in [0.1, 0.15) is 12.8 Å². The fraction of sp³-hybridized carbons (Fsp3) is 1.00. The van der Waals surface area contributed by atoms with Crippen LogP contribution in [0.2, 0.25) is 0 Å². The highest BCUT2D eigenvalue weighted by atomic mass is 16.7. The Morgan fingerprint density at radius 1 is 1.55 bits per heavy atom. The largest absolute Gasteiger partial charge is 0.394 e. The lowest BCUT2D eigenvalue weighted by Gasteiger charge is -2.31. The van der Waals surface area contributed by atoms with Crippen LogP contribution in [0.5, 0.6) is 0 Å². The predicted octanol–water partition coefficient (Wildman–Crippen LogP) is -0.509. The van der Waals surface area contributed by atoms with Crippen molar-refractivity contribution in [2.45, 2.75) is 31.3 Å². The standard InChI is InChI=1S/C7H14O4/c1-10-7-3-2-5(9)6(4-8)11-7/h5-9H,2-4H2,1H3/t5-,6+,7-/m0/s1. The van der Waals surface area contributed by atoms with Crippen LogP contribution in [0.25, 0.3) is 0 Å². The molecule has 0 aliphatic carbocycles. The average Bonchev–Trinajstić information content (AvgIpc) is 2.05. The van der Waals surface area contributed by atoms with E-state index in [0.717, 1.165) is 0 Å². The number of ether oxygens (including phenoxy) is 2. The first-order valence-electron chi connectivity index (χ1n) is 3.75. The zero-order chi connectivity index (χ0) is 8.27. The third-order valence-electron chi connectivity index (χ3n) is 1.90. The molecule has 0 bridgehead atoms. The van der Waals surface area contributed by atoms with Gasteiger partial charge < -0.3 is 19.7 Å². The number of aliphatic hydroxyl groups is 2. The summed E-state index contributed by atoms with van der Waals surface area (Å²) in [5, 5.41) is 18.0. The topological polar surface area (TPSA) is 58.9 Å². The molecule has 66 valence electrons. The second-order valence-corrected chi connectivity index (χ2v) is 2.67. The minimum absolute atomic E-state index is 0.152. The lowest BCUT2D eigenvalue weighted by atomic mass is 10.1. The van der Waals surface area contributed by atoms with E-state index in [1.54, 1.807) is 7.11 Å².